The second-order valence-corrected chi connectivity index (χ2v) is 11.2. The molecule has 0 aliphatic carbocycles. The standard InChI is InChI=1S/C20H44GeN4/c1-10-12-14-19(22-9)24(17(5)6)21-25(18(7)8)20(15-13-11-2)23-16(3)4/h16-18H,10-15,21H2,1-9H3. The van der Waals surface area contributed by atoms with E-state index in [1.807, 2.05) is 7.05 Å². The first-order valence-corrected chi connectivity index (χ1v) is 13.0. The van der Waals surface area contributed by atoms with Crippen LogP contribution in [-0.4, -0.2) is 60.4 Å². The summed E-state index contributed by atoms with van der Waals surface area (Å²) < 4.78 is 5.31. The van der Waals surface area contributed by atoms with Crippen molar-refractivity contribution in [3.8, 4) is 0 Å². The molecule has 0 spiro atoms. The molecule has 25 heavy (non-hydrogen) atoms. The second-order valence-electron chi connectivity index (χ2n) is 7.75. The Morgan fingerprint density at radius 1 is 0.800 bits per heavy atom. The van der Waals surface area contributed by atoms with Gasteiger partial charge in [0.1, 0.15) is 0 Å². The predicted molar refractivity (Wildman–Crippen MR) is 117 cm³/mol. The number of hydrogen-bond acceptors (Lipinski definition) is 2. The van der Waals surface area contributed by atoms with Crippen LogP contribution in [-0.2, 0) is 0 Å². The van der Waals surface area contributed by atoms with Crippen LogP contribution in [0.15, 0.2) is 9.98 Å². The van der Waals surface area contributed by atoms with Crippen LogP contribution in [0.4, 0.5) is 0 Å². The van der Waals surface area contributed by atoms with Crippen LogP contribution >= 0.6 is 0 Å². The fraction of sp³-hybridized carbons (Fsp3) is 0.900. The molecule has 0 atom stereocenters. The first-order valence-electron chi connectivity index (χ1n) is 10.3. The van der Waals surface area contributed by atoms with Crippen molar-refractivity contribution in [2.75, 3.05) is 7.05 Å². The number of amidine groups is 2. The molecule has 0 aliphatic rings. The normalized spacial score (nSPS) is 13.8. The van der Waals surface area contributed by atoms with Gasteiger partial charge in [0.05, 0.1) is 0 Å². The minimum absolute atomic E-state index is 0.363. The van der Waals surface area contributed by atoms with E-state index < -0.39 is 15.9 Å². The van der Waals surface area contributed by atoms with E-state index in [4.69, 9.17) is 4.99 Å². The summed E-state index contributed by atoms with van der Waals surface area (Å²) in [5.41, 5.74) is 0. The van der Waals surface area contributed by atoms with Crippen molar-refractivity contribution in [2.24, 2.45) is 9.98 Å². The number of nitrogens with zero attached hydrogens (tertiary/aromatic N) is 4. The average Bonchev–Trinajstić information content (AvgIpc) is 2.53. The maximum atomic E-state index is 5.02. The van der Waals surface area contributed by atoms with E-state index in [0.717, 1.165) is 12.8 Å². The Bertz CT molecular complexity index is 403. The van der Waals surface area contributed by atoms with Gasteiger partial charge in [0, 0.05) is 0 Å². The number of rotatable bonds is 11. The zero-order chi connectivity index (χ0) is 19.4. The van der Waals surface area contributed by atoms with Crippen LogP contribution in [0.25, 0.3) is 0 Å². The van der Waals surface area contributed by atoms with Crippen LogP contribution in [0, 0.1) is 0 Å². The van der Waals surface area contributed by atoms with Crippen LogP contribution in [0.1, 0.15) is 93.9 Å². The molecule has 0 heterocycles. The monoisotopic (exact) mass is 414 g/mol. The first-order chi connectivity index (χ1) is 11.8. The van der Waals surface area contributed by atoms with E-state index in [1.165, 1.54) is 37.4 Å². The molecular weight excluding hydrogens is 369 g/mol. The molecule has 5 heteroatoms. The molecule has 0 aromatic rings. The second kappa shape index (κ2) is 13.7. The Hall–Kier alpha value is -0.517. The van der Waals surface area contributed by atoms with E-state index in [0.29, 0.717) is 18.1 Å². The van der Waals surface area contributed by atoms with Crippen molar-refractivity contribution in [3.63, 3.8) is 0 Å². The summed E-state index contributed by atoms with van der Waals surface area (Å²) in [5, 5.41) is 0. The van der Waals surface area contributed by atoms with Gasteiger partial charge in [-0.15, -0.1) is 0 Å². The van der Waals surface area contributed by atoms with Gasteiger partial charge < -0.3 is 0 Å². The van der Waals surface area contributed by atoms with E-state index >= 15 is 0 Å². The van der Waals surface area contributed by atoms with Crippen LogP contribution in [0.2, 0.25) is 0 Å². The molecule has 0 aromatic carbocycles. The van der Waals surface area contributed by atoms with E-state index in [-0.39, 0.29) is 0 Å². The van der Waals surface area contributed by atoms with Gasteiger partial charge in [-0.25, -0.2) is 0 Å². The quantitative estimate of drug-likeness (QED) is 0.281. The molecule has 0 amide bonds. The minimum atomic E-state index is -1.19. The van der Waals surface area contributed by atoms with Crippen LogP contribution in [0.5, 0.6) is 0 Å². The fourth-order valence-corrected chi connectivity index (χ4v) is 6.76. The number of unbranched alkanes of at least 4 members (excludes halogenated alkanes) is 2. The molecule has 0 saturated heterocycles. The summed E-state index contributed by atoms with van der Waals surface area (Å²) in [5.74, 6) is 2.64. The summed E-state index contributed by atoms with van der Waals surface area (Å²) >= 11 is -1.19. The molecular formula is C20H44GeN4. The summed E-state index contributed by atoms with van der Waals surface area (Å²) in [6, 6.07) is 1.39. The molecule has 0 radical (unpaired) electrons. The zero-order valence-corrected chi connectivity index (χ0v) is 21.4. The number of hydrogen-bond donors (Lipinski definition) is 0. The van der Waals surface area contributed by atoms with Gasteiger partial charge >= 0.3 is 164 Å². The Morgan fingerprint density at radius 2 is 1.24 bits per heavy atom. The van der Waals surface area contributed by atoms with Gasteiger partial charge in [-0.3, -0.25) is 0 Å². The molecule has 0 aliphatic heterocycles. The maximum absolute atomic E-state index is 5.02. The molecule has 0 N–H and O–H groups in total. The number of aliphatic imine (C=N–C) groups is 2. The van der Waals surface area contributed by atoms with Gasteiger partial charge in [-0.1, -0.05) is 0 Å². The van der Waals surface area contributed by atoms with Gasteiger partial charge in [0.15, 0.2) is 0 Å². The summed E-state index contributed by atoms with van der Waals surface area (Å²) in [4.78, 5) is 9.68. The predicted octanol–water partition coefficient (Wildman–Crippen LogP) is 4.62. The van der Waals surface area contributed by atoms with Crippen LogP contribution in [0.3, 0.4) is 0 Å². The van der Waals surface area contributed by atoms with Crippen LogP contribution < -0.4 is 0 Å². The molecule has 0 fully saturated rings. The van der Waals surface area contributed by atoms with Gasteiger partial charge in [-0.05, 0) is 0 Å². The van der Waals surface area contributed by atoms with E-state index in [9.17, 15) is 0 Å². The Kier molecular flexibility index (Phi) is 13.4. The Labute approximate surface area is 164 Å². The van der Waals surface area contributed by atoms with Crippen molar-refractivity contribution < 1.29 is 0 Å². The first kappa shape index (κ1) is 24.5. The molecule has 0 aromatic heterocycles. The van der Waals surface area contributed by atoms with Crippen molar-refractivity contribution in [2.45, 2.75) is 112 Å². The van der Waals surface area contributed by atoms with Crippen molar-refractivity contribution in [1.29, 1.82) is 0 Å². The molecule has 4 nitrogen and oxygen atoms in total. The van der Waals surface area contributed by atoms with Crippen molar-refractivity contribution >= 4 is 27.5 Å². The van der Waals surface area contributed by atoms with Gasteiger partial charge in [0.25, 0.3) is 0 Å². The third kappa shape index (κ3) is 9.67. The van der Waals surface area contributed by atoms with E-state index in [2.05, 4.69) is 68.1 Å². The topological polar surface area (TPSA) is 31.2 Å². The summed E-state index contributed by atoms with van der Waals surface area (Å²) in [7, 11) is 1.96. The van der Waals surface area contributed by atoms with E-state index in [1.54, 1.807) is 0 Å². The Morgan fingerprint density at radius 3 is 1.60 bits per heavy atom. The SMILES string of the molecule is CCCCC(=NC)[N]([GeH2][N](C(CCCC)=NC(C)C)C(C)C)C(C)C. The molecule has 0 saturated carbocycles. The average molecular weight is 413 g/mol. The van der Waals surface area contributed by atoms with Gasteiger partial charge in [0.2, 0.25) is 0 Å². The third-order valence-corrected chi connectivity index (χ3v) is 10.3. The van der Waals surface area contributed by atoms with Crippen molar-refractivity contribution in [3.05, 3.63) is 0 Å². The zero-order valence-electron chi connectivity index (χ0n) is 18.5. The summed E-state index contributed by atoms with van der Waals surface area (Å²) in [6.07, 6.45) is 7.11. The molecule has 0 bridgehead atoms. The van der Waals surface area contributed by atoms with Gasteiger partial charge in [-0.2, -0.15) is 0 Å². The Balaban J connectivity index is 5.51. The van der Waals surface area contributed by atoms with Crippen molar-refractivity contribution in [1.82, 2.24) is 7.71 Å². The molecule has 0 unspecified atom stereocenters. The third-order valence-electron chi connectivity index (χ3n) is 4.39. The fourth-order valence-electron chi connectivity index (χ4n) is 2.88. The molecule has 0 rings (SSSR count). The summed E-state index contributed by atoms with van der Waals surface area (Å²) in [6.45, 7) is 18.2. The molecule has 148 valence electrons.